The molecule has 1 saturated carbocycles. The first-order chi connectivity index (χ1) is 7.44. The second kappa shape index (κ2) is 3.87. The van der Waals surface area contributed by atoms with Gasteiger partial charge in [-0.1, -0.05) is 31.4 Å². The van der Waals surface area contributed by atoms with E-state index in [-0.39, 0.29) is 5.41 Å². The number of hydrogen-bond donors (Lipinski definition) is 1. The van der Waals surface area contributed by atoms with E-state index >= 15 is 0 Å². The van der Waals surface area contributed by atoms with Gasteiger partial charge < -0.3 is 5.11 Å². The molecular formula is C15H26O. The molecule has 1 unspecified atom stereocenters. The van der Waals surface area contributed by atoms with Crippen LogP contribution in [0.1, 0.15) is 59.8 Å². The van der Waals surface area contributed by atoms with E-state index in [9.17, 15) is 5.11 Å². The van der Waals surface area contributed by atoms with Gasteiger partial charge in [0.25, 0.3) is 0 Å². The first-order valence-corrected chi connectivity index (χ1v) is 6.72. The van der Waals surface area contributed by atoms with E-state index < -0.39 is 0 Å². The molecule has 16 heavy (non-hydrogen) atoms. The Morgan fingerprint density at radius 1 is 1.25 bits per heavy atom. The standard InChI is InChI=1S/C15H26O/c1-11-6-7-13-14(3,10-16)8-5-9-15(13,4)12(11)2/h13,16H,5-10H2,1-4H3/t13?,14-,15-/m1/s1. The Balaban J connectivity index is 2.41. The molecule has 3 atom stereocenters. The topological polar surface area (TPSA) is 20.2 Å². The fraction of sp³-hybridized carbons (Fsp3) is 0.867. The van der Waals surface area contributed by atoms with Crippen LogP contribution in [0.25, 0.3) is 0 Å². The molecule has 0 amide bonds. The molecule has 1 heteroatoms. The van der Waals surface area contributed by atoms with Crippen molar-refractivity contribution in [1.29, 1.82) is 0 Å². The highest BCUT2D eigenvalue weighted by atomic mass is 16.3. The Kier molecular flexibility index (Phi) is 2.94. The Morgan fingerprint density at radius 2 is 1.94 bits per heavy atom. The van der Waals surface area contributed by atoms with Crippen LogP contribution in [0.3, 0.4) is 0 Å². The molecule has 0 aromatic carbocycles. The van der Waals surface area contributed by atoms with E-state index in [4.69, 9.17) is 0 Å². The Morgan fingerprint density at radius 3 is 2.56 bits per heavy atom. The summed E-state index contributed by atoms with van der Waals surface area (Å²) in [6.45, 7) is 9.71. The summed E-state index contributed by atoms with van der Waals surface area (Å²) < 4.78 is 0. The van der Waals surface area contributed by atoms with Crippen molar-refractivity contribution >= 4 is 0 Å². The summed E-state index contributed by atoms with van der Waals surface area (Å²) in [5.41, 5.74) is 3.73. The summed E-state index contributed by atoms with van der Waals surface area (Å²) in [6, 6.07) is 0. The molecule has 2 aliphatic rings. The highest BCUT2D eigenvalue weighted by molar-refractivity contribution is 5.25. The van der Waals surface area contributed by atoms with Crippen molar-refractivity contribution in [3.63, 3.8) is 0 Å². The normalized spacial score (nSPS) is 44.4. The largest absolute Gasteiger partial charge is 0.396 e. The Bertz CT molecular complexity index is 317. The van der Waals surface area contributed by atoms with Gasteiger partial charge in [0, 0.05) is 6.61 Å². The minimum Gasteiger partial charge on any atom is -0.396 e. The predicted octanol–water partition coefficient (Wildman–Crippen LogP) is 3.92. The third kappa shape index (κ3) is 1.55. The first kappa shape index (κ1) is 12.2. The number of allylic oxidation sites excluding steroid dienone is 2. The minimum atomic E-state index is 0.162. The predicted molar refractivity (Wildman–Crippen MR) is 68.2 cm³/mol. The molecule has 1 N–H and O–H groups in total. The monoisotopic (exact) mass is 222 g/mol. The molecule has 0 aromatic heterocycles. The molecule has 92 valence electrons. The molecular weight excluding hydrogens is 196 g/mol. The zero-order chi connectivity index (χ0) is 12.0. The fourth-order valence-corrected chi connectivity index (χ4v) is 4.32. The van der Waals surface area contributed by atoms with Crippen LogP contribution >= 0.6 is 0 Å². The van der Waals surface area contributed by atoms with E-state index in [1.807, 2.05) is 0 Å². The van der Waals surface area contributed by atoms with Crippen LogP contribution < -0.4 is 0 Å². The molecule has 1 nitrogen and oxygen atoms in total. The Labute approximate surface area is 99.9 Å². The van der Waals surface area contributed by atoms with Crippen LogP contribution in [0.2, 0.25) is 0 Å². The van der Waals surface area contributed by atoms with E-state index in [0.29, 0.717) is 17.9 Å². The van der Waals surface area contributed by atoms with Gasteiger partial charge in [0.2, 0.25) is 0 Å². The van der Waals surface area contributed by atoms with Crippen LogP contribution in [0.4, 0.5) is 0 Å². The van der Waals surface area contributed by atoms with Gasteiger partial charge in [0.1, 0.15) is 0 Å². The summed E-state index contributed by atoms with van der Waals surface area (Å²) in [6.07, 6.45) is 6.31. The molecule has 0 aromatic rings. The van der Waals surface area contributed by atoms with Crippen molar-refractivity contribution in [3.8, 4) is 0 Å². The SMILES string of the molecule is CC1=C(C)[C@@]2(C)CCC[C@](C)(CO)C2CC1. The molecule has 2 rings (SSSR count). The van der Waals surface area contributed by atoms with Gasteiger partial charge in [0.05, 0.1) is 0 Å². The van der Waals surface area contributed by atoms with Crippen molar-refractivity contribution < 1.29 is 5.11 Å². The van der Waals surface area contributed by atoms with Crippen molar-refractivity contribution in [2.45, 2.75) is 59.8 Å². The second-order valence-electron chi connectivity index (χ2n) is 6.58. The molecule has 0 heterocycles. The Hall–Kier alpha value is -0.300. The third-order valence-corrected chi connectivity index (χ3v) is 5.72. The summed E-state index contributed by atoms with van der Waals surface area (Å²) in [5, 5.41) is 9.74. The van der Waals surface area contributed by atoms with Crippen molar-refractivity contribution in [2.24, 2.45) is 16.7 Å². The molecule has 2 aliphatic carbocycles. The van der Waals surface area contributed by atoms with E-state index in [2.05, 4.69) is 27.7 Å². The fourth-order valence-electron chi connectivity index (χ4n) is 4.32. The average Bonchev–Trinajstić information content (AvgIpc) is 2.25. The van der Waals surface area contributed by atoms with Crippen molar-refractivity contribution in [2.75, 3.05) is 6.61 Å². The van der Waals surface area contributed by atoms with Gasteiger partial charge in [-0.25, -0.2) is 0 Å². The maximum atomic E-state index is 9.74. The lowest BCUT2D eigenvalue weighted by molar-refractivity contribution is -0.0373. The van der Waals surface area contributed by atoms with E-state index in [1.165, 1.54) is 32.1 Å². The number of fused-ring (bicyclic) bond motifs is 1. The smallest absolute Gasteiger partial charge is 0.0487 e. The van der Waals surface area contributed by atoms with Crippen LogP contribution in [0, 0.1) is 16.7 Å². The summed E-state index contributed by atoms with van der Waals surface area (Å²) in [4.78, 5) is 0. The maximum absolute atomic E-state index is 9.74. The quantitative estimate of drug-likeness (QED) is 0.667. The first-order valence-electron chi connectivity index (χ1n) is 6.72. The summed E-state index contributed by atoms with van der Waals surface area (Å²) in [7, 11) is 0. The molecule has 1 fully saturated rings. The highest BCUT2D eigenvalue weighted by Crippen LogP contribution is 2.59. The highest BCUT2D eigenvalue weighted by Gasteiger charge is 2.50. The van der Waals surface area contributed by atoms with Gasteiger partial charge >= 0.3 is 0 Å². The van der Waals surface area contributed by atoms with Crippen LogP contribution in [-0.4, -0.2) is 11.7 Å². The summed E-state index contributed by atoms with van der Waals surface area (Å²) >= 11 is 0. The zero-order valence-corrected chi connectivity index (χ0v) is 11.3. The number of rotatable bonds is 1. The maximum Gasteiger partial charge on any atom is 0.0487 e. The average molecular weight is 222 g/mol. The van der Waals surface area contributed by atoms with Gasteiger partial charge in [-0.15, -0.1) is 0 Å². The number of aliphatic hydroxyl groups is 1. The van der Waals surface area contributed by atoms with Gasteiger partial charge in [-0.2, -0.15) is 0 Å². The van der Waals surface area contributed by atoms with E-state index in [0.717, 1.165) is 0 Å². The molecule has 0 bridgehead atoms. The van der Waals surface area contributed by atoms with E-state index in [1.54, 1.807) is 11.1 Å². The molecule has 0 radical (unpaired) electrons. The van der Waals surface area contributed by atoms with Crippen LogP contribution in [0.15, 0.2) is 11.1 Å². The molecule has 0 aliphatic heterocycles. The minimum absolute atomic E-state index is 0.162. The lowest BCUT2D eigenvalue weighted by Gasteiger charge is -2.55. The van der Waals surface area contributed by atoms with Crippen molar-refractivity contribution in [1.82, 2.24) is 0 Å². The third-order valence-electron chi connectivity index (χ3n) is 5.72. The van der Waals surface area contributed by atoms with Gasteiger partial charge in [0.15, 0.2) is 0 Å². The molecule has 0 spiro atoms. The van der Waals surface area contributed by atoms with Gasteiger partial charge in [-0.05, 0) is 56.3 Å². The van der Waals surface area contributed by atoms with Gasteiger partial charge in [-0.3, -0.25) is 0 Å². The zero-order valence-electron chi connectivity index (χ0n) is 11.3. The van der Waals surface area contributed by atoms with Crippen LogP contribution in [0.5, 0.6) is 0 Å². The van der Waals surface area contributed by atoms with Crippen LogP contribution in [-0.2, 0) is 0 Å². The summed E-state index contributed by atoms with van der Waals surface area (Å²) in [5.74, 6) is 0.683. The second-order valence-corrected chi connectivity index (χ2v) is 6.58. The lowest BCUT2D eigenvalue weighted by atomic mass is 9.50. The lowest BCUT2D eigenvalue weighted by Crippen LogP contribution is -2.48. The molecule has 0 saturated heterocycles. The van der Waals surface area contributed by atoms with Crippen molar-refractivity contribution in [3.05, 3.63) is 11.1 Å². The number of hydrogen-bond acceptors (Lipinski definition) is 1. The number of aliphatic hydroxyl groups excluding tert-OH is 1.